The van der Waals surface area contributed by atoms with Gasteiger partial charge in [0.15, 0.2) is 0 Å². The maximum Gasteiger partial charge on any atom is 0.211 e. The van der Waals surface area contributed by atoms with E-state index in [0.717, 1.165) is 38.5 Å². The Labute approximate surface area is 214 Å². The average molecular weight is 505 g/mol. The van der Waals surface area contributed by atoms with Gasteiger partial charge in [0.2, 0.25) is 10.0 Å². The van der Waals surface area contributed by atoms with Crippen molar-refractivity contribution in [2.24, 2.45) is 11.3 Å². The maximum atomic E-state index is 12.3. The second-order valence-electron chi connectivity index (χ2n) is 12.4. The predicted octanol–water partition coefficient (Wildman–Crippen LogP) is 5.74. The third-order valence-corrected chi connectivity index (χ3v) is 12.1. The lowest BCUT2D eigenvalue weighted by Crippen LogP contribution is -2.55. The number of rotatable bonds is 3. The third-order valence-electron chi connectivity index (χ3n) is 10.8. The van der Waals surface area contributed by atoms with Gasteiger partial charge in [-0.3, -0.25) is 4.98 Å². The lowest BCUT2D eigenvalue weighted by atomic mass is 9.58. The summed E-state index contributed by atoms with van der Waals surface area (Å²) in [5.41, 5.74) is 3.86. The highest BCUT2D eigenvalue weighted by molar-refractivity contribution is 7.88. The van der Waals surface area contributed by atoms with Gasteiger partial charge in [-0.2, -0.15) is 0 Å². The summed E-state index contributed by atoms with van der Waals surface area (Å²) >= 11 is 0. The average Bonchev–Trinajstić information content (AvgIpc) is 3.37. The van der Waals surface area contributed by atoms with E-state index in [4.69, 9.17) is 4.74 Å². The normalized spacial score (nSPS) is 39.4. The summed E-state index contributed by atoms with van der Waals surface area (Å²) in [6.45, 7) is 2.50. The van der Waals surface area contributed by atoms with E-state index in [-0.39, 0.29) is 22.7 Å². The van der Waals surface area contributed by atoms with Crippen molar-refractivity contribution in [3.05, 3.63) is 65.5 Å². The number of sulfonamides is 1. The molecule has 5 aliphatic rings. The lowest BCUT2D eigenvalue weighted by molar-refractivity contribution is -0.138. The summed E-state index contributed by atoms with van der Waals surface area (Å²) in [5, 5.41) is 2.46. The minimum absolute atomic E-state index is 0.00957. The number of hydrogen-bond acceptors (Lipinski definition) is 4. The Hall–Kier alpha value is -2.02. The van der Waals surface area contributed by atoms with E-state index >= 15 is 0 Å². The molecule has 36 heavy (non-hydrogen) atoms. The van der Waals surface area contributed by atoms with Crippen LogP contribution >= 0.6 is 0 Å². The summed E-state index contributed by atoms with van der Waals surface area (Å²) in [6.07, 6.45) is 18.2. The van der Waals surface area contributed by atoms with E-state index in [1.165, 1.54) is 46.6 Å². The van der Waals surface area contributed by atoms with Gasteiger partial charge in [0, 0.05) is 30.9 Å². The summed E-state index contributed by atoms with van der Waals surface area (Å²) in [5.74, 6) is 0.977. The topological polar surface area (TPSA) is 59.5 Å². The Morgan fingerprint density at radius 2 is 1.97 bits per heavy atom. The molecule has 2 aliphatic heterocycles. The van der Waals surface area contributed by atoms with Gasteiger partial charge in [0.25, 0.3) is 0 Å². The lowest BCUT2D eigenvalue weighted by Gasteiger charge is -2.54. The number of hydrogen-bond donors (Lipinski definition) is 0. The summed E-state index contributed by atoms with van der Waals surface area (Å²) in [4.78, 5) is 4.36. The quantitative estimate of drug-likeness (QED) is 0.535. The largest absolute Gasteiger partial charge is 0.359 e. The van der Waals surface area contributed by atoms with Crippen molar-refractivity contribution in [1.29, 1.82) is 0 Å². The molecule has 2 saturated carbocycles. The van der Waals surface area contributed by atoms with Gasteiger partial charge in [-0.1, -0.05) is 31.2 Å². The maximum absolute atomic E-state index is 12.3. The highest BCUT2D eigenvalue weighted by atomic mass is 32.2. The van der Waals surface area contributed by atoms with Gasteiger partial charge in [0.1, 0.15) is 0 Å². The molecule has 1 saturated heterocycles. The van der Waals surface area contributed by atoms with Gasteiger partial charge < -0.3 is 4.74 Å². The first-order chi connectivity index (χ1) is 17.1. The Morgan fingerprint density at radius 3 is 2.81 bits per heavy atom. The number of aromatic nitrogens is 1. The smallest absolute Gasteiger partial charge is 0.211 e. The van der Waals surface area contributed by atoms with E-state index in [9.17, 15) is 8.42 Å². The Bertz CT molecular complexity index is 1430. The molecule has 1 aromatic carbocycles. The van der Waals surface area contributed by atoms with Crippen LogP contribution in [0.3, 0.4) is 0 Å². The molecule has 1 aromatic heterocycles. The monoisotopic (exact) mass is 504 g/mol. The van der Waals surface area contributed by atoms with Crippen LogP contribution in [0.4, 0.5) is 0 Å². The number of pyridine rings is 1. The van der Waals surface area contributed by atoms with Gasteiger partial charge in [0.05, 0.1) is 17.5 Å². The highest BCUT2D eigenvalue weighted by Crippen LogP contribution is 2.69. The van der Waals surface area contributed by atoms with E-state index < -0.39 is 10.0 Å². The molecule has 2 unspecified atom stereocenters. The van der Waals surface area contributed by atoms with Crippen LogP contribution < -0.4 is 0 Å². The molecule has 5 nitrogen and oxygen atoms in total. The fourth-order valence-corrected chi connectivity index (χ4v) is 9.55. The van der Waals surface area contributed by atoms with Crippen molar-refractivity contribution in [2.45, 2.75) is 81.5 Å². The number of benzene rings is 1. The van der Waals surface area contributed by atoms with Crippen molar-refractivity contribution in [2.75, 3.05) is 13.3 Å². The van der Waals surface area contributed by atoms with Crippen LogP contribution in [0.25, 0.3) is 10.8 Å². The molecular formula is C30H36N2O3S. The zero-order chi connectivity index (χ0) is 24.9. The van der Waals surface area contributed by atoms with Crippen LogP contribution in [0.15, 0.2) is 60.0 Å². The second kappa shape index (κ2) is 7.52. The molecular weight excluding hydrogens is 468 g/mol. The standard InChI is InChI=1S/C30H36N2O3S/c1-28-12-10-24-17-23-6-7-25(32(2)36(3,33)34)18-29(23)13-14-30(24,35-29)27(28)9-8-26(28)21-5-4-20-11-15-31-19-22(20)16-21/h4-5,10-11,15-17,19,25-27H,6-9,12-14,18H2,1-3H3/t25-,26?,27-,28?,29-,30-/m1/s1. The Morgan fingerprint density at radius 1 is 1.11 bits per heavy atom. The molecule has 2 aromatic rings. The fourth-order valence-electron chi connectivity index (χ4n) is 8.83. The molecule has 0 amide bonds. The molecule has 0 radical (unpaired) electrons. The number of fused-ring (bicyclic) bond motifs is 2. The first-order valence-electron chi connectivity index (χ1n) is 13.5. The van der Waals surface area contributed by atoms with Crippen molar-refractivity contribution in [3.8, 4) is 0 Å². The SMILES string of the molecule is CN([C@@H]1CCC2=CC3=CCC4(C)C(c5ccc6ccncc6c5)CC[C@H]4[C@@]34CC[C@]2(C1)O4)S(C)(=O)=O. The van der Waals surface area contributed by atoms with Crippen molar-refractivity contribution in [1.82, 2.24) is 9.29 Å². The zero-order valence-corrected chi connectivity index (χ0v) is 22.4. The number of nitrogens with zero attached hydrogens (tertiary/aromatic N) is 2. The van der Waals surface area contributed by atoms with E-state index in [2.05, 4.69) is 48.3 Å². The van der Waals surface area contributed by atoms with E-state index in [0.29, 0.717) is 11.8 Å². The van der Waals surface area contributed by atoms with Crippen LogP contribution in [0.5, 0.6) is 0 Å². The zero-order valence-electron chi connectivity index (χ0n) is 21.5. The Kier molecular flexibility index (Phi) is 4.83. The van der Waals surface area contributed by atoms with Gasteiger partial charge >= 0.3 is 0 Å². The number of ether oxygens (including phenoxy) is 1. The van der Waals surface area contributed by atoms with Crippen LogP contribution in [0.2, 0.25) is 0 Å². The molecule has 0 N–H and O–H groups in total. The van der Waals surface area contributed by atoms with E-state index in [1.54, 1.807) is 11.4 Å². The van der Waals surface area contributed by atoms with Crippen LogP contribution in [-0.2, 0) is 14.8 Å². The molecule has 3 fully saturated rings. The molecule has 190 valence electrons. The van der Waals surface area contributed by atoms with Gasteiger partial charge in [-0.25, -0.2) is 12.7 Å². The van der Waals surface area contributed by atoms with E-state index in [1.807, 2.05) is 12.4 Å². The summed E-state index contributed by atoms with van der Waals surface area (Å²) in [7, 11) is -1.48. The van der Waals surface area contributed by atoms with Crippen LogP contribution in [-0.4, -0.2) is 48.3 Å². The fraction of sp³-hybridized carbons (Fsp3) is 0.567. The minimum Gasteiger partial charge on any atom is -0.359 e. The molecule has 2 bridgehead atoms. The summed E-state index contributed by atoms with van der Waals surface area (Å²) < 4.78 is 33.6. The second-order valence-corrected chi connectivity index (χ2v) is 14.4. The highest BCUT2D eigenvalue weighted by Gasteiger charge is 2.66. The summed E-state index contributed by atoms with van der Waals surface area (Å²) in [6, 6.07) is 9.04. The van der Waals surface area contributed by atoms with Crippen LogP contribution in [0.1, 0.15) is 69.8 Å². The minimum atomic E-state index is -3.22. The molecule has 7 rings (SSSR count). The van der Waals surface area contributed by atoms with Gasteiger partial charge in [-0.05, 0) is 103 Å². The molecule has 6 heteroatoms. The van der Waals surface area contributed by atoms with Crippen molar-refractivity contribution in [3.63, 3.8) is 0 Å². The molecule has 3 aliphatic carbocycles. The van der Waals surface area contributed by atoms with Crippen molar-refractivity contribution < 1.29 is 13.2 Å². The molecule has 6 atom stereocenters. The molecule has 3 heterocycles. The van der Waals surface area contributed by atoms with Gasteiger partial charge in [-0.15, -0.1) is 0 Å². The Balaban J connectivity index is 1.25. The third kappa shape index (κ3) is 3.07. The molecule has 2 spiro atoms. The predicted molar refractivity (Wildman–Crippen MR) is 142 cm³/mol. The first-order valence-corrected chi connectivity index (χ1v) is 15.4. The number of allylic oxidation sites excluding steroid dienone is 1. The van der Waals surface area contributed by atoms with Crippen molar-refractivity contribution >= 4 is 20.8 Å². The van der Waals surface area contributed by atoms with Crippen LogP contribution in [0, 0.1) is 11.3 Å². The first kappa shape index (κ1) is 23.1.